The van der Waals surface area contributed by atoms with Gasteiger partial charge in [0.05, 0.1) is 58.5 Å². The van der Waals surface area contributed by atoms with Crippen molar-refractivity contribution in [3.63, 3.8) is 0 Å². The fourth-order valence-electron chi connectivity index (χ4n) is 18.5. The highest BCUT2D eigenvalue weighted by atomic mass is 32.2. The summed E-state index contributed by atoms with van der Waals surface area (Å²) in [6.07, 6.45) is 19.7. The van der Waals surface area contributed by atoms with E-state index in [0.717, 1.165) is 147 Å². The molecule has 0 aliphatic carbocycles. The van der Waals surface area contributed by atoms with Gasteiger partial charge in [0.25, 0.3) is 0 Å². The van der Waals surface area contributed by atoms with Gasteiger partial charge in [0, 0.05) is 163 Å². The molecule has 4 aromatic heterocycles. The number of likely N-dealkylation sites (tertiary alicyclic amines) is 4. The van der Waals surface area contributed by atoms with E-state index < -0.39 is 34.6 Å². The van der Waals surface area contributed by atoms with Crippen LogP contribution in [-0.4, -0.2) is 135 Å². The predicted molar refractivity (Wildman–Crippen MR) is 484 cm³/mol. The second-order valence-electron chi connectivity index (χ2n) is 34.1. The van der Waals surface area contributed by atoms with Crippen molar-refractivity contribution in [1.29, 1.82) is 9.56 Å². The number of ether oxygens (including phenoxy) is 4. The van der Waals surface area contributed by atoms with Crippen LogP contribution in [-0.2, 0) is 54.8 Å². The smallest absolute Gasteiger partial charge is 0.356 e. The Labute approximate surface area is 707 Å². The van der Waals surface area contributed by atoms with E-state index in [-0.39, 0.29) is 22.7 Å². The largest absolute Gasteiger partial charge is 0.496 e. The first-order valence-corrected chi connectivity index (χ1v) is 48.8. The van der Waals surface area contributed by atoms with Crippen LogP contribution in [0.15, 0.2) is 180 Å². The van der Waals surface area contributed by atoms with E-state index in [1.165, 1.54) is 102 Å². The number of H-pyrrole nitrogens is 4. The van der Waals surface area contributed by atoms with Crippen molar-refractivity contribution < 1.29 is 56.1 Å². The Morgan fingerprint density at radius 1 is 0.367 bits per heavy atom. The van der Waals surface area contributed by atoms with Gasteiger partial charge in [0.1, 0.15) is 23.0 Å². The van der Waals surface area contributed by atoms with Gasteiger partial charge in [-0.2, -0.15) is 0 Å². The third-order valence-corrected chi connectivity index (χ3v) is 29.6. The molecule has 640 valence electrons. The van der Waals surface area contributed by atoms with Crippen molar-refractivity contribution in [2.75, 3.05) is 67.1 Å². The van der Waals surface area contributed by atoms with Gasteiger partial charge >= 0.3 is 15.2 Å². The first kappa shape index (κ1) is 88.9. The summed E-state index contributed by atoms with van der Waals surface area (Å²) in [5.74, 6) is 6.18. The molecule has 26 heteroatoms. The van der Waals surface area contributed by atoms with Crippen molar-refractivity contribution in [2.45, 2.75) is 167 Å². The van der Waals surface area contributed by atoms with Gasteiger partial charge in [-0.15, -0.1) is 0 Å². The maximum Gasteiger partial charge on any atom is 0.356 e. The molecule has 16 rings (SSSR count). The van der Waals surface area contributed by atoms with Crippen molar-refractivity contribution >= 4 is 88.9 Å². The molecule has 0 amide bonds. The molecule has 22 nitrogen and oxygen atoms in total. The summed E-state index contributed by atoms with van der Waals surface area (Å²) < 4.78 is 85.9. The van der Waals surface area contributed by atoms with Gasteiger partial charge in [-0.1, -0.05) is 76.2 Å². The van der Waals surface area contributed by atoms with Gasteiger partial charge in [-0.25, -0.2) is 18.0 Å². The van der Waals surface area contributed by atoms with E-state index >= 15 is 0 Å². The molecule has 120 heavy (non-hydrogen) atoms. The molecule has 0 spiro atoms. The first-order chi connectivity index (χ1) is 57.1. The second kappa shape index (κ2) is 37.5. The zero-order valence-corrected chi connectivity index (χ0v) is 75.1. The van der Waals surface area contributed by atoms with Crippen LogP contribution in [0.3, 0.4) is 0 Å². The lowest BCUT2D eigenvalue weighted by molar-refractivity contribution is 0.110. The standard InChI is InChI=1S/2C24H31N3O2S.2C23H29N2O4P/c2*1-16-10-12-27(22(13-16)18-5-7-19(8-6-18)30(4,25)28)15-21-20-9-11-26-24(20)17(2)14-23(21)29-3;2*1-15-9-11-25(21(12-15)17-4-6-18(7-5-17)30(26,27)28)14-20-19-8-10-24-23(19)16(2)13-22(20)29-3/h2*5-9,11,14,16,22,25-26H,10,12-13,15H2,1-4H3;2*4-8,10,13,15,21,24H,9,11-12,14H2,1-3H3,(H2,26,27,28)/t16-,22+,30+;16-,22+,30-;2*15-,21+/m1110/s1. The molecule has 0 unspecified atom stereocenters. The van der Waals surface area contributed by atoms with E-state index in [0.29, 0.717) is 45.5 Å². The summed E-state index contributed by atoms with van der Waals surface area (Å²) in [6, 6.07) is 47.3. The molecule has 8 heterocycles. The van der Waals surface area contributed by atoms with Crippen molar-refractivity contribution in [2.24, 2.45) is 23.7 Å². The maximum atomic E-state index is 12.1. The molecule has 4 aliphatic rings. The number of aryl methyl sites for hydroxylation is 4. The molecule has 0 radical (unpaired) electrons. The summed E-state index contributed by atoms with van der Waals surface area (Å²) in [5, 5.41) is 4.94. The van der Waals surface area contributed by atoms with Crippen molar-refractivity contribution in [3.8, 4) is 23.0 Å². The summed E-state index contributed by atoms with van der Waals surface area (Å²) in [5.41, 5.74) is 18.7. The number of aromatic amines is 4. The van der Waals surface area contributed by atoms with E-state index in [1.807, 2.05) is 73.3 Å². The monoisotopic (exact) mass is 1710 g/mol. The molecule has 4 aliphatic heterocycles. The average Bonchev–Trinajstić information content (AvgIpc) is 1.56. The van der Waals surface area contributed by atoms with Gasteiger partial charge < -0.3 is 58.5 Å². The highest BCUT2D eigenvalue weighted by molar-refractivity contribution is 7.92. The first-order valence-electron chi connectivity index (χ1n) is 41.6. The molecule has 4 saturated heterocycles. The summed E-state index contributed by atoms with van der Waals surface area (Å²) in [7, 11) is -6.91. The van der Waals surface area contributed by atoms with Crippen LogP contribution in [0.4, 0.5) is 0 Å². The maximum absolute atomic E-state index is 12.1. The molecular weight excluding hydrogens is 1590 g/mol. The molecule has 10 N–H and O–H groups in total. The van der Waals surface area contributed by atoms with E-state index in [2.05, 4.69) is 168 Å². The van der Waals surface area contributed by atoms with Crippen molar-refractivity contribution in [1.82, 2.24) is 39.5 Å². The number of rotatable bonds is 20. The minimum Gasteiger partial charge on any atom is -0.496 e. The van der Waals surface area contributed by atoms with E-state index in [4.69, 9.17) is 28.5 Å². The van der Waals surface area contributed by atoms with E-state index in [9.17, 15) is 37.1 Å². The Morgan fingerprint density at radius 3 is 0.767 bits per heavy atom. The number of aromatic nitrogens is 4. The summed E-state index contributed by atoms with van der Waals surface area (Å²) in [4.78, 5) is 62.3. The molecule has 0 bridgehead atoms. The fraction of sp³-hybridized carbons (Fsp3) is 0.404. The third kappa shape index (κ3) is 20.2. The Hall–Kier alpha value is -8.84. The van der Waals surface area contributed by atoms with Crippen molar-refractivity contribution in [3.05, 3.63) is 237 Å². The number of nitrogens with zero attached hydrogens (tertiary/aromatic N) is 4. The molecule has 8 aromatic carbocycles. The van der Waals surface area contributed by atoms with Crippen LogP contribution >= 0.6 is 15.2 Å². The zero-order chi connectivity index (χ0) is 85.9. The molecule has 0 saturated carbocycles. The highest BCUT2D eigenvalue weighted by Gasteiger charge is 2.35. The molecular formula is C94H120N10O12P2S2. The lowest BCUT2D eigenvalue weighted by Crippen LogP contribution is -2.36. The van der Waals surface area contributed by atoms with Gasteiger partial charge in [-0.3, -0.25) is 28.7 Å². The Morgan fingerprint density at radius 2 is 0.575 bits per heavy atom. The number of piperidine rings is 4. The third-order valence-electron chi connectivity index (χ3n) is 25.3. The Kier molecular flexibility index (Phi) is 27.8. The predicted octanol–water partition coefficient (Wildman–Crippen LogP) is 19.5. The second-order valence-corrected chi connectivity index (χ2v) is 41.6. The Bertz CT molecular complexity index is 5560. The van der Waals surface area contributed by atoms with Crippen LogP contribution < -0.4 is 29.6 Å². The SMILES string of the molecule is COc1cc(C)c2[nH]ccc2c1CN1CC[C@@H](C)C[C@H]1c1ccc(P(=O)(O)O)cc1.COc1cc(C)c2[nH]ccc2c1CN1CC[C@@H](C)C[C@H]1c1ccc([S@@](C)(=N)=O)cc1.COc1cc(C)c2[nH]ccc2c1CN1CC[C@@H](C)C[C@H]1c1ccc([S@](C)(=N)=O)cc1.COc1cc(C)c2[nH]ccc2c1CN1CC[C@H](C)C[C@@H]1c1ccc(P(=O)(O)O)cc1. The average molecular weight is 1710 g/mol. The fourth-order valence-corrected chi connectivity index (χ4v) is 20.9. The minimum atomic E-state index is -4.23. The number of fused-ring (bicyclic) bond motifs is 4. The number of benzene rings is 8. The number of nitrogens with one attached hydrogen (secondary N) is 6. The molecule has 12 aromatic rings. The Balaban J connectivity index is 0.000000138. The van der Waals surface area contributed by atoms with Crippen LogP contribution in [0.5, 0.6) is 23.0 Å². The topological polar surface area (TPSA) is 310 Å². The minimum absolute atomic E-state index is 0.0656. The number of hydrogen-bond donors (Lipinski definition) is 10. The number of hydrogen-bond acceptors (Lipinski definition) is 14. The van der Waals surface area contributed by atoms with Gasteiger partial charge in [0.2, 0.25) is 0 Å². The normalized spacial score (nSPS) is 21.4. The van der Waals surface area contributed by atoms with Crippen LogP contribution in [0, 0.1) is 60.9 Å². The zero-order valence-electron chi connectivity index (χ0n) is 71.7. The van der Waals surface area contributed by atoms with Crippen LogP contribution in [0.2, 0.25) is 0 Å². The number of methoxy groups -OCH3 is 4. The van der Waals surface area contributed by atoms with E-state index in [1.54, 1.807) is 52.7 Å². The molecule has 4 fully saturated rings. The highest BCUT2D eigenvalue weighted by Crippen LogP contribution is 2.46. The lowest BCUT2D eigenvalue weighted by atomic mass is 9.87. The summed E-state index contributed by atoms with van der Waals surface area (Å²) in [6.45, 7) is 24.7. The quantitative estimate of drug-likeness (QED) is 0.0317. The molecule has 10 atom stereocenters. The van der Waals surface area contributed by atoms with Crippen LogP contribution in [0.25, 0.3) is 43.6 Å². The summed E-state index contributed by atoms with van der Waals surface area (Å²) >= 11 is 0. The van der Waals surface area contributed by atoms with Gasteiger partial charge in [-0.05, 0) is 270 Å². The lowest BCUT2D eigenvalue weighted by Gasteiger charge is -2.39. The van der Waals surface area contributed by atoms with Crippen LogP contribution in [0.1, 0.15) is 170 Å². The van der Waals surface area contributed by atoms with Gasteiger partial charge in [0.15, 0.2) is 0 Å².